The molecule has 3 atom stereocenters. The molecule has 5 heteroatoms. The van der Waals surface area contributed by atoms with Crippen LogP contribution in [-0.4, -0.2) is 59.5 Å². The van der Waals surface area contributed by atoms with Crippen LogP contribution in [0.25, 0.3) is 0 Å². The molecule has 1 heterocycles. The van der Waals surface area contributed by atoms with E-state index in [1.807, 2.05) is 4.90 Å². The number of carbonyl (C=O) groups is 2. The topological polar surface area (TPSA) is 60.9 Å². The Labute approximate surface area is 127 Å². The van der Waals surface area contributed by atoms with Crippen LogP contribution in [0.5, 0.6) is 0 Å². The summed E-state index contributed by atoms with van der Waals surface area (Å²) in [5.41, 5.74) is 0. The van der Waals surface area contributed by atoms with Gasteiger partial charge in [0.05, 0.1) is 11.8 Å². The summed E-state index contributed by atoms with van der Waals surface area (Å²) in [6.45, 7) is 4.78. The molecule has 0 aromatic rings. The van der Waals surface area contributed by atoms with E-state index in [2.05, 4.69) is 18.9 Å². The molecule has 1 aliphatic heterocycles. The molecule has 1 saturated carbocycles. The highest BCUT2D eigenvalue weighted by Gasteiger charge is 2.39. The van der Waals surface area contributed by atoms with E-state index in [0.717, 1.165) is 51.7 Å². The molecule has 2 aliphatic rings. The number of aliphatic carboxylic acids is 1. The second kappa shape index (κ2) is 7.25. The van der Waals surface area contributed by atoms with E-state index in [-0.39, 0.29) is 17.9 Å². The molecule has 1 saturated heterocycles. The number of rotatable bonds is 3. The van der Waals surface area contributed by atoms with Gasteiger partial charge in [0, 0.05) is 19.1 Å². The molecule has 5 nitrogen and oxygen atoms in total. The van der Waals surface area contributed by atoms with E-state index in [0.29, 0.717) is 6.42 Å². The fraction of sp³-hybridized carbons (Fsp3) is 0.875. The Hall–Kier alpha value is -1.10. The molecule has 0 aromatic carbocycles. The van der Waals surface area contributed by atoms with Gasteiger partial charge in [-0.25, -0.2) is 0 Å². The lowest BCUT2D eigenvalue weighted by Gasteiger charge is -2.36. The summed E-state index contributed by atoms with van der Waals surface area (Å²) in [6, 6.07) is 0.223. The molecule has 120 valence electrons. The van der Waals surface area contributed by atoms with Gasteiger partial charge in [0.15, 0.2) is 0 Å². The summed E-state index contributed by atoms with van der Waals surface area (Å²) >= 11 is 0. The second-order valence-corrected chi connectivity index (χ2v) is 6.55. The van der Waals surface area contributed by atoms with Crippen LogP contribution in [0.2, 0.25) is 0 Å². The molecule has 0 spiro atoms. The Morgan fingerprint density at radius 3 is 2.38 bits per heavy atom. The highest BCUT2D eigenvalue weighted by atomic mass is 16.4. The Bertz CT molecular complexity index is 386. The van der Waals surface area contributed by atoms with Gasteiger partial charge in [-0.1, -0.05) is 19.8 Å². The third-order valence-electron chi connectivity index (χ3n) is 5.06. The Kier molecular flexibility index (Phi) is 5.62. The van der Waals surface area contributed by atoms with Crippen molar-refractivity contribution in [1.82, 2.24) is 9.80 Å². The molecule has 1 N–H and O–H groups in total. The van der Waals surface area contributed by atoms with Crippen LogP contribution in [0.15, 0.2) is 0 Å². The number of likely N-dealkylation sites (N-methyl/N-ethyl adjacent to an activating group) is 1. The van der Waals surface area contributed by atoms with E-state index in [4.69, 9.17) is 0 Å². The molecule has 2 fully saturated rings. The van der Waals surface area contributed by atoms with E-state index in [9.17, 15) is 14.7 Å². The predicted octanol–water partition coefficient (Wildman–Crippen LogP) is 1.82. The van der Waals surface area contributed by atoms with Crippen LogP contribution in [-0.2, 0) is 9.59 Å². The van der Waals surface area contributed by atoms with Gasteiger partial charge >= 0.3 is 5.97 Å². The van der Waals surface area contributed by atoms with Gasteiger partial charge in [0.2, 0.25) is 5.91 Å². The smallest absolute Gasteiger partial charge is 0.307 e. The lowest BCUT2D eigenvalue weighted by atomic mass is 9.78. The van der Waals surface area contributed by atoms with Crippen molar-refractivity contribution in [3.05, 3.63) is 0 Å². The van der Waals surface area contributed by atoms with Crippen LogP contribution in [0.3, 0.4) is 0 Å². The lowest BCUT2D eigenvalue weighted by Crippen LogP contribution is -2.49. The number of hydrogen-bond acceptors (Lipinski definition) is 3. The fourth-order valence-corrected chi connectivity index (χ4v) is 3.82. The quantitative estimate of drug-likeness (QED) is 0.863. The van der Waals surface area contributed by atoms with Crippen LogP contribution in [0, 0.1) is 11.8 Å². The van der Waals surface area contributed by atoms with Gasteiger partial charge in [0.25, 0.3) is 0 Å². The molecule has 21 heavy (non-hydrogen) atoms. The minimum atomic E-state index is -0.798. The van der Waals surface area contributed by atoms with Crippen molar-refractivity contribution in [2.45, 2.75) is 51.5 Å². The van der Waals surface area contributed by atoms with Gasteiger partial charge in [-0.15, -0.1) is 0 Å². The number of nitrogens with zero attached hydrogens (tertiary/aromatic N) is 2. The van der Waals surface area contributed by atoms with Crippen molar-refractivity contribution in [2.24, 2.45) is 11.8 Å². The Morgan fingerprint density at radius 2 is 1.76 bits per heavy atom. The molecular weight excluding hydrogens is 268 g/mol. The third-order valence-corrected chi connectivity index (χ3v) is 5.06. The van der Waals surface area contributed by atoms with Crippen LogP contribution < -0.4 is 0 Å². The first kappa shape index (κ1) is 16.3. The Morgan fingerprint density at radius 1 is 1.10 bits per heavy atom. The van der Waals surface area contributed by atoms with E-state index in [1.165, 1.54) is 0 Å². The number of carboxylic acid groups (broad SMARTS) is 1. The van der Waals surface area contributed by atoms with E-state index in [1.54, 1.807) is 0 Å². The van der Waals surface area contributed by atoms with E-state index < -0.39 is 11.9 Å². The molecular formula is C16H28N2O3. The maximum atomic E-state index is 12.9. The molecule has 3 unspecified atom stereocenters. The standard InChI is InChI=1S/C16H28N2O3/c1-3-12-11-17(2)9-6-10-18(12)15(19)13-7-4-5-8-14(13)16(20)21/h12-14H,3-11H2,1-2H3,(H,20,21). The van der Waals surface area contributed by atoms with Gasteiger partial charge in [-0.2, -0.15) is 0 Å². The predicted molar refractivity (Wildman–Crippen MR) is 81.0 cm³/mol. The fourth-order valence-electron chi connectivity index (χ4n) is 3.82. The number of carbonyl (C=O) groups excluding carboxylic acids is 1. The zero-order chi connectivity index (χ0) is 15.4. The SMILES string of the molecule is CCC1CN(C)CCCN1C(=O)C1CCCCC1C(=O)O. The third kappa shape index (κ3) is 3.76. The molecule has 1 amide bonds. The highest BCUT2D eigenvalue weighted by molar-refractivity contribution is 5.85. The first-order chi connectivity index (χ1) is 10.0. The zero-order valence-corrected chi connectivity index (χ0v) is 13.3. The van der Waals surface area contributed by atoms with Gasteiger partial charge in [-0.05, 0) is 39.3 Å². The van der Waals surface area contributed by atoms with Crippen molar-refractivity contribution >= 4 is 11.9 Å². The van der Waals surface area contributed by atoms with Gasteiger partial charge in [-0.3, -0.25) is 9.59 Å². The van der Waals surface area contributed by atoms with Crippen molar-refractivity contribution in [2.75, 3.05) is 26.7 Å². The normalized spacial score (nSPS) is 31.7. The van der Waals surface area contributed by atoms with Gasteiger partial charge < -0.3 is 14.9 Å². The summed E-state index contributed by atoms with van der Waals surface area (Å²) in [7, 11) is 2.09. The zero-order valence-electron chi connectivity index (χ0n) is 13.3. The number of hydrogen-bond donors (Lipinski definition) is 1. The Balaban J connectivity index is 2.13. The molecule has 1 aliphatic carbocycles. The average molecular weight is 296 g/mol. The molecule has 0 aromatic heterocycles. The minimum Gasteiger partial charge on any atom is -0.481 e. The summed E-state index contributed by atoms with van der Waals surface area (Å²) in [4.78, 5) is 28.6. The molecule has 0 bridgehead atoms. The monoisotopic (exact) mass is 296 g/mol. The van der Waals surface area contributed by atoms with Crippen LogP contribution in [0.1, 0.15) is 45.4 Å². The summed E-state index contributed by atoms with van der Waals surface area (Å²) < 4.78 is 0. The van der Waals surface area contributed by atoms with Gasteiger partial charge in [0.1, 0.15) is 0 Å². The van der Waals surface area contributed by atoms with Crippen molar-refractivity contribution in [1.29, 1.82) is 0 Å². The second-order valence-electron chi connectivity index (χ2n) is 6.55. The largest absolute Gasteiger partial charge is 0.481 e. The first-order valence-electron chi connectivity index (χ1n) is 8.26. The maximum Gasteiger partial charge on any atom is 0.307 e. The number of carboxylic acids is 1. The summed E-state index contributed by atoms with van der Waals surface area (Å²) in [5, 5.41) is 9.40. The first-order valence-corrected chi connectivity index (χ1v) is 8.26. The van der Waals surface area contributed by atoms with Crippen molar-refractivity contribution in [3.63, 3.8) is 0 Å². The van der Waals surface area contributed by atoms with Crippen molar-refractivity contribution < 1.29 is 14.7 Å². The van der Waals surface area contributed by atoms with E-state index >= 15 is 0 Å². The molecule has 2 rings (SSSR count). The summed E-state index contributed by atoms with van der Waals surface area (Å²) in [5.74, 6) is -1.50. The lowest BCUT2D eigenvalue weighted by molar-refractivity contribution is -0.153. The van der Waals surface area contributed by atoms with Crippen molar-refractivity contribution in [3.8, 4) is 0 Å². The highest BCUT2D eigenvalue weighted by Crippen LogP contribution is 2.32. The summed E-state index contributed by atoms with van der Waals surface area (Å²) in [6.07, 6.45) is 5.20. The maximum absolute atomic E-state index is 12.9. The molecule has 0 radical (unpaired) electrons. The minimum absolute atomic E-state index is 0.0873. The van der Waals surface area contributed by atoms with Crippen LogP contribution >= 0.6 is 0 Å². The van der Waals surface area contributed by atoms with Crippen LogP contribution in [0.4, 0.5) is 0 Å². The average Bonchev–Trinajstić information content (AvgIpc) is 2.67. The number of amides is 1.